The third-order valence-electron chi connectivity index (χ3n) is 4.04. The summed E-state index contributed by atoms with van der Waals surface area (Å²) in [5, 5.41) is 13.9. The zero-order valence-corrected chi connectivity index (χ0v) is 13.0. The second-order valence-corrected chi connectivity index (χ2v) is 5.97. The van der Waals surface area contributed by atoms with E-state index in [1.54, 1.807) is 19.2 Å². The Morgan fingerprint density at radius 1 is 1.52 bits per heavy atom. The Morgan fingerprint density at radius 3 is 2.86 bits per heavy atom. The lowest BCUT2D eigenvalue weighted by molar-refractivity contribution is -0.384. The maximum Gasteiger partial charge on any atom is 0.292 e. The van der Waals surface area contributed by atoms with Gasteiger partial charge in [-0.2, -0.15) is 0 Å². The Labute approximate surface area is 125 Å². The lowest BCUT2D eigenvalue weighted by Gasteiger charge is -2.21. The van der Waals surface area contributed by atoms with E-state index in [0.717, 1.165) is 25.2 Å². The van der Waals surface area contributed by atoms with E-state index in [4.69, 9.17) is 0 Å². The van der Waals surface area contributed by atoms with Gasteiger partial charge in [0.1, 0.15) is 5.69 Å². The normalized spacial score (nSPS) is 19.1. The third kappa shape index (κ3) is 4.15. The van der Waals surface area contributed by atoms with Gasteiger partial charge in [0.2, 0.25) is 0 Å². The summed E-state index contributed by atoms with van der Waals surface area (Å²) in [5.41, 5.74) is 1.68. The summed E-state index contributed by atoms with van der Waals surface area (Å²) in [6.45, 7) is 4.08. The van der Waals surface area contributed by atoms with E-state index >= 15 is 0 Å². The smallest absolute Gasteiger partial charge is 0.292 e. The number of likely N-dealkylation sites (tertiary alicyclic amines) is 1. The molecule has 1 heterocycles. The highest BCUT2D eigenvalue weighted by Crippen LogP contribution is 2.25. The monoisotopic (exact) mass is 292 g/mol. The molecule has 2 rings (SSSR count). The van der Waals surface area contributed by atoms with Crippen molar-refractivity contribution < 1.29 is 4.92 Å². The molecule has 21 heavy (non-hydrogen) atoms. The van der Waals surface area contributed by atoms with Crippen LogP contribution in [-0.4, -0.2) is 55.5 Å². The van der Waals surface area contributed by atoms with Crippen molar-refractivity contribution >= 4 is 11.4 Å². The van der Waals surface area contributed by atoms with Gasteiger partial charge in [0.25, 0.3) is 5.69 Å². The minimum atomic E-state index is -0.332. The summed E-state index contributed by atoms with van der Waals surface area (Å²) in [6.07, 6.45) is 1.24. The predicted octanol–water partition coefficient (Wildman–Crippen LogP) is 2.02. The standard InChI is InChI=1S/C15H24N4O2/c1-16-14-5-4-12(8-15(14)19(20)21)9-18(3)11-13-6-7-17(2)10-13/h4-5,8,13,16H,6-7,9-11H2,1-3H3. The van der Waals surface area contributed by atoms with Gasteiger partial charge in [0.05, 0.1) is 4.92 Å². The minimum Gasteiger partial charge on any atom is -0.383 e. The third-order valence-corrected chi connectivity index (χ3v) is 4.04. The van der Waals surface area contributed by atoms with Crippen molar-refractivity contribution in [2.24, 2.45) is 5.92 Å². The van der Waals surface area contributed by atoms with Crippen LogP contribution in [0.2, 0.25) is 0 Å². The quantitative estimate of drug-likeness (QED) is 0.642. The first-order chi connectivity index (χ1) is 9.99. The lowest BCUT2D eigenvalue weighted by atomic mass is 10.1. The summed E-state index contributed by atoms with van der Waals surface area (Å²) < 4.78 is 0. The van der Waals surface area contributed by atoms with Crippen LogP contribution in [0.3, 0.4) is 0 Å². The average Bonchev–Trinajstić information content (AvgIpc) is 2.83. The largest absolute Gasteiger partial charge is 0.383 e. The molecule has 0 aromatic heterocycles. The molecule has 1 atom stereocenters. The van der Waals surface area contributed by atoms with Crippen molar-refractivity contribution in [3.63, 3.8) is 0 Å². The van der Waals surface area contributed by atoms with Gasteiger partial charge in [-0.15, -0.1) is 0 Å². The number of nitrogens with zero attached hydrogens (tertiary/aromatic N) is 3. The van der Waals surface area contributed by atoms with E-state index in [9.17, 15) is 10.1 Å². The molecule has 1 unspecified atom stereocenters. The molecule has 0 aliphatic carbocycles. The molecule has 1 fully saturated rings. The Balaban J connectivity index is 1.98. The van der Waals surface area contributed by atoms with E-state index in [1.165, 1.54) is 13.0 Å². The van der Waals surface area contributed by atoms with Crippen LogP contribution in [0.4, 0.5) is 11.4 Å². The van der Waals surface area contributed by atoms with E-state index in [2.05, 4.69) is 29.2 Å². The fourth-order valence-electron chi connectivity index (χ4n) is 3.03. The van der Waals surface area contributed by atoms with Gasteiger partial charge < -0.3 is 15.1 Å². The van der Waals surface area contributed by atoms with E-state index < -0.39 is 0 Å². The molecule has 1 aliphatic heterocycles. The molecular formula is C15H24N4O2. The van der Waals surface area contributed by atoms with E-state index in [1.807, 2.05) is 6.07 Å². The van der Waals surface area contributed by atoms with Crippen molar-refractivity contribution in [3.05, 3.63) is 33.9 Å². The first-order valence-electron chi connectivity index (χ1n) is 7.31. The molecule has 1 N–H and O–H groups in total. The fraction of sp³-hybridized carbons (Fsp3) is 0.600. The maximum absolute atomic E-state index is 11.1. The van der Waals surface area contributed by atoms with Crippen molar-refractivity contribution in [2.45, 2.75) is 13.0 Å². The summed E-state index contributed by atoms with van der Waals surface area (Å²) in [5.74, 6) is 0.701. The molecule has 1 aliphatic rings. The Kier molecular flexibility index (Phi) is 5.14. The Morgan fingerprint density at radius 2 is 2.29 bits per heavy atom. The second-order valence-electron chi connectivity index (χ2n) is 5.97. The van der Waals surface area contributed by atoms with Crippen LogP contribution in [0.25, 0.3) is 0 Å². The molecule has 6 nitrogen and oxygen atoms in total. The zero-order chi connectivity index (χ0) is 15.4. The molecule has 0 spiro atoms. The van der Waals surface area contributed by atoms with Crippen molar-refractivity contribution in [1.29, 1.82) is 0 Å². The Bertz CT molecular complexity index is 506. The van der Waals surface area contributed by atoms with Crippen molar-refractivity contribution in [3.8, 4) is 0 Å². The van der Waals surface area contributed by atoms with Crippen LogP contribution in [0.5, 0.6) is 0 Å². The highest BCUT2D eigenvalue weighted by molar-refractivity contribution is 5.62. The van der Waals surface area contributed by atoms with Crippen LogP contribution in [0, 0.1) is 16.0 Å². The molecule has 0 amide bonds. The molecule has 116 valence electrons. The Hall–Kier alpha value is -1.66. The SMILES string of the molecule is CNc1ccc(CN(C)CC2CCN(C)C2)cc1[N+](=O)[O-]. The topological polar surface area (TPSA) is 61.6 Å². The summed E-state index contributed by atoms with van der Waals surface area (Å²) >= 11 is 0. The predicted molar refractivity (Wildman–Crippen MR) is 84.6 cm³/mol. The first kappa shape index (κ1) is 15.7. The van der Waals surface area contributed by atoms with Gasteiger partial charge in [0.15, 0.2) is 0 Å². The van der Waals surface area contributed by atoms with Crippen molar-refractivity contribution in [1.82, 2.24) is 9.80 Å². The molecule has 0 radical (unpaired) electrons. The minimum absolute atomic E-state index is 0.143. The zero-order valence-electron chi connectivity index (χ0n) is 13.0. The molecule has 1 aromatic rings. The molecule has 0 saturated carbocycles. The van der Waals surface area contributed by atoms with E-state index in [0.29, 0.717) is 11.6 Å². The molecule has 1 saturated heterocycles. The molecule has 1 aromatic carbocycles. The summed E-state index contributed by atoms with van der Waals surface area (Å²) in [6, 6.07) is 5.41. The van der Waals surface area contributed by atoms with Crippen LogP contribution < -0.4 is 5.32 Å². The van der Waals surface area contributed by atoms with Crippen LogP contribution >= 0.6 is 0 Å². The highest BCUT2D eigenvalue weighted by atomic mass is 16.6. The summed E-state index contributed by atoms with van der Waals surface area (Å²) in [4.78, 5) is 15.4. The van der Waals surface area contributed by atoms with Gasteiger partial charge in [-0.1, -0.05) is 6.07 Å². The van der Waals surface area contributed by atoms with Crippen molar-refractivity contribution in [2.75, 3.05) is 46.1 Å². The average molecular weight is 292 g/mol. The van der Waals surface area contributed by atoms with Gasteiger partial charge in [-0.05, 0) is 44.6 Å². The summed E-state index contributed by atoms with van der Waals surface area (Å²) in [7, 11) is 5.93. The van der Waals surface area contributed by atoms with Crippen LogP contribution in [-0.2, 0) is 6.54 Å². The number of hydrogen-bond donors (Lipinski definition) is 1. The number of nitro benzene ring substituents is 1. The van der Waals surface area contributed by atoms with Crippen LogP contribution in [0.15, 0.2) is 18.2 Å². The van der Waals surface area contributed by atoms with Gasteiger partial charge >= 0.3 is 0 Å². The molecule has 0 bridgehead atoms. The van der Waals surface area contributed by atoms with Gasteiger partial charge in [-0.3, -0.25) is 10.1 Å². The molecular weight excluding hydrogens is 268 g/mol. The number of nitrogens with one attached hydrogen (secondary N) is 1. The fourth-order valence-corrected chi connectivity index (χ4v) is 3.03. The van der Waals surface area contributed by atoms with Gasteiger partial charge in [-0.25, -0.2) is 0 Å². The number of hydrogen-bond acceptors (Lipinski definition) is 5. The number of anilines is 1. The number of nitro groups is 1. The number of rotatable bonds is 6. The first-order valence-corrected chi connectivity index (χ1v) is 7.31. The molecule has 6 heteroatoms. The highest BCUT2D eigenvalue weighted by Gasteiger charge is 2.21. The van der Waals surface area contributed by atoms with E-state index in [-0.39, 0.29) is 10.6 Å². The second kappa shape index (κ2) is 6.87. The van der Waals surface area contributed by atoms with Gasteiger partial charge in [0, 0.05) is 32.7 Å². The number of benzene rings is 1. The lowest BCUT2D eigenvalue weighted by Crippen LogP contribution is -2.27. The maximum atomic E-state index is 11.1. The van der Waals surface area contributed by atoms with Crippen LogP contribution in [0.1, 0.15) is 12.0 Å².